The maximum atomic E-state index is 12.7. The van der Waals surface area contributed by atoms with Gasteiger partial charge < -0.3 is 18.9 Å². The van der Waals surface area contributed by atoms with Crippen LogP contribution in [0.5, 0.6) is 23.0 Å². The zero-order valence-electron chi connectivity index (χ0n) is 17.3. The summed E-state index contributed by atoms with van der Waals surface area (Å²) in [5.74, 6) is 6.99. The number of methoxy groups -OCH3 is 3. The number of hydrogen-bond donors (Lipinski definition) is 0. The van der Waals surface area contributed by atoms with Gasteiger partial charge in [-0.3, -0.25) is 0 Å². The highest BCUT2D eigenvalue weighted by atomic mass is 16.5. The summed E-state index contributed by atoms with van der Waals surface area (Å²) in [4.78, 5) is 12.7. The molecule has 0 saturated carbocycles. The summed E-state index contributed by atoms with van der Waals surface area (Å²) in [6.45, 7) is 0. The lowest BCUT2D eigenvalue weighted by molar-refractivity contribution is 0.0730. The molecule has 0 saturated heterocycles. The zero-order valence-corrected chi connectivity index (χ0v) is 17.3. The number of carbonyl (C=O) groups excluding carboxylic acids is 1. The van der Waals surface area contributed by atoms with Crippen molar-refractivity contribution in [2.45, 2.75) is 0 Å². The zero-order chi connectivity index (χ0) is 22.2. The van der Waals surface area contributed by atoms with E-state index in [0.717, 1.165) is 11.1 Å². The second kappa shape index (κ2) is 9.87. The molecule has 0 aliphatic carbocycles. The van der Waals surface area contributed by atoms with E-state index in [1.54, 1.807) is 54.6 Å². The molecule has 0 bridgehead atoms. The third-order valence-electron chi connectivity index (χ3n) is 4.36. The van der Waals surface area contributed by atoms with Crippen LogP contribution >= 0.6 is 0 Å². The van der Waals surface area contributed by atoms with Crippen LogP contribution < -0.4 is 18.9 Å². The van der Waals surface area contributed by atoms with E-state index in [1.165, 1.54) is 27.4 Å². The summed E-state index contributed by atoms with van der Waals surface area (Å²) in [7, 11) is 4.44. The molecule has 0 radical (unpaired) electrons. The van der Waals surface area contributed by atoms with E-state index < -0.39 is 5.97 Å². The van der Waals surface area contributed by atoms with Crippen LogP contribution in [0.25, 0.3) is 0 Å². The molecule has 6 heteroatoms. The highest BCUT2D eigenvalue weighted by Crippen LogP contribution is 2.35. The SMILES string of the molecule is COc1cc(OC)c(C(=O)Oc2ccc(C#Cc3ccc(C#N)cc3)cc2)cc1OC. The molecule has 3 rings (SSSR count). The van der Waals surface area contributed by atoms with Gasteiger partial charge in [-0.2, -0.15) is 5.26 Å². The number of nitrogens with zero attached hydrogens (tertiary/aromatic N) is 1. The fourth-order valence-corrected chi connectivity index (χ4v) is 2.73. The Morgan fingerprint density at radius 3 is 1.71 bits per heavy atom. The van der Waals surface area contributed by atoms with Gasteiger partial charge in [0, 0.05) is 23.3 Å². The lowest BCUT2D eigenvalue weighted by atomic mass is 10.1. The normalized spacial score (nSPS) is 9.61. The molecule has 0 atom stereocenters. The molecule has 154 valence electrons. The topological polar surface area (TPSA) is 77.8 Å². The summed E-state index contributed by atoms with van der Waals surface area (Å²) in [5.41, 5.74) is 2.36. The number of hydrogen-bond acceptors (Lipinski definition) is 6. The van der Waals surface area contributed by atoms with Crippen molar-refractivity contribution >= 4 is 5.97 Å². The van der Waals surface area contributed by atoms with Crippen LogP contribution in [-0.4, -0.2) is 27.3 Å². The van der Waals surface area contributed by atoms with Crippen molar-refractivity contribution in [3.05, 3.63) is 82.9 Å². The predicted octanol–water partition coefficient (Wildman–Crippen LogP) is 4.20. The molecule has 0 fully saturated rings. The van der Waals surface area contributed by atoms with Crippen molar-refractivity contribution < 1.29 is 23.7 Å². The molecule has 31 heavy (non-hydrogen) atoms. The molecular formula is C25H19NO5. The van der Waals surface area contributed by atoms with Gasteiger partial charge in [0.05, 0.1) is 33.0 Å². The van der Waals surface area contributed by atoms with Gasteiger partial charge in [-0.1, -0.05) is 11.8 Å². The Morgan fingerprint density at radius 2 is 1.19 bits per heavy atom. The molecule has 0 spiro atoms. The van der Waals surface area contributed by atoms with Crippen LogP contribution in [0.2, 0.25) is 0 Å². The van der Waals surface area contributed by atoms with E-state index in [0.29, 0.717) is 28.6 Å². The average molecular weight is 413 g/mol. The molecule has 0 aromatic heterocycles. The van der Waals surface area contributed by atoms with E-state index in [9.17, 15) is 4.79 Å². The molecular weight excluding hydrogens is 394 g/mol. The quantitative estimate of drug-likeness (QED) is 0.354. The Hall–Kier alpha value is -4.42. The molecule has 0 aliphatic heterocycles. The van der Waals surface area contributed by atoms with Crippen LogP contribution in [0.1, 0.15) is 27.0 Å². The van der Waals surface area contributed by atoms with Crippen LogP contribution in [0, 0.1) is 23.2 Å². The average Bonchev–Trinajstić information content (AvgIpc) is 2.82. The van der Waals surface area contributed by atoms with Gasteiger partial charge in [-0.25, -0.2) is 4.79 Å². The fraction of sp³-hybridized carbons (Fsp3) is 0.120. The summed E-state index contributed by atoms with van der Waals surface area (Å²) >= 11 is 0. The van der Waals surface area contributed by atoms with Gasteiger partial charge in [0.25, 0.3) is 0 Å². The first-order valence-electron chi connectivity index (χ1n) is 9.22. The first-order valence-corrected chi connectivity index (χ1v) is 9.22. The first kappa shape index (κ1) is 21.3. The minimum Gasteiger partial charge on any atom is -0.496 e. The number of benzene rings is 3. The number of ether oxygens (including phenoxy) is 4. The van der Waals surface area contributed by atoms with Crippen molar-refractivity contribution in [1.29, 1.82) is 5.26 Å². The smallest absolute Gasteiger partial charge is 0.347 e. The largest absolute Gasteiger partial charge is 0.496 e. The Labute approximate surface area is 180 Å². The third-order valence-corrected chi connectivity index (χ3v) is 4.36. The lowest BCUT2D eigenvalue weighted by Crippen LogP contribution is -2.11. The monoisotopic (exact) mass is 413 g/mol. The molecule has 0 unspecified atom stereocenters. The molecule has 0 aliphatic rings. The van der Waals surface area contributed by atoms with Crippen LogP contribution in [0.4, 0.5) is 0 Å². The second-order valence-corrected chi connectivity index (χ2v) is 6.26. The Balaban J connectivity index is 1.75. The highest BCUT2D eigenvalue weighted by molar-refractivity contribution is 5.95. The van der Waals surface area contributed by atoms with Crippen molar-refractivity contribution in [2.24, 2.45) is 0 Å². The standard InChI is InChI=1S/C25H19NO5/c1-28-22-15-24(30-3)23(29-2)14-21(22)25(27)31-20-12-10-18(11-13-20)5-4-17-6-8-19(16-26)9-7-17/h6-15H,1-3H3. The minimum atomic E-state index is -0.589. The Bertz CT molecular complexity index is 1180. The van der Waals surface area contributed by atoms with Gasteiger partial charge in [-0.15, -0.1) is 0 Å². The number of rotatable bonds is 5. The fourth-order valence-electron chi connectivity index (χ4n) is 2.73. The maximum absolute atomic E-state index is 12.7. The predicted molar refractivity (Wildman–Crippen MR) is 115 cm³/mol. The molecule has 0 N–H and O–H groups in total. The molecule has 3 aromatic rings. The number of nitriles is 1. The molecule has 6 nitrogen and oxygen atoms in total. The van der Waals surface area contributed by atoms with Gasteiger partial charge in [-0.05, 0) is 48.5 Å². The number of carbonyl (C=O) groups is 1. The Morgan fingerprint density at radius 1 is 0.710 bits per heavy atom. The van der Waals surface area contributed by atoms with Crippen LogP contribution in [0.3, 0.4) is 0 Å². The van der Waals surface area contributed by atoms with Crippen molar-refractivity contribution in [1.82, 2.24) is 0 Å². The maximum Gasteiger partial charge on any atom is 0.347 e. The van der Waals surface area contributed by atoms with E-state index in [2.05, 4.69) is 17.9 Å². The van der Waals surface area contributed by atoms with Gasteiger partial charge >= 0.3 is 5.97 Å². The van der Waals surface area contributed by atoms with E-state index in [1.807, 2.05) is 0 Å². The summed E-state index contributed by atoms with van der Waals surface area (Å²) < 4.78 is 21.2. The minimum absolute atomic E-state index is 0.213. The molecule has 3 aromatic carbocycles. The van der Waals surface area contributed by atoms with Crippen molar-refractivity contribution in [3.63, 3.8) is 0 Å². The summed E-state index contributed by atoms with van der Waals surface area (Å²) in [6.07, 6.45) is 0. The van der Waals surface area contributed by atoms with Gasteiger partial charge in [0.15, 0.2) is 11.5 Å². The van der Waals surface area contributed by atoms with Crippen LogP contribution in [0.15, 0.2) is 60.7 Å². The first-order chi connectivity index (χ1) is 15.1. The van der Waals surface area contributed by atoms with Crippen molar-refractivity contribution in [3.8, 4) is 40.9 Å². The highest BCUT2D eigenvalue weighted by Gasteiger charge is 2.19. The summed E-state index contributed by atoms with van der Waals surface area (Å²) in [6, 6.07) is 19.0. The summed E-state index contributed by atoms with van der Waals surface area (Å²) in [5, 5.41) is 8.84. The van der Waals surface area contributed by atoms with Gasteiger partial charge in [0.2, 0.25) is 0 Å². The third kappa shape index (κ3) is 5.14. The lowest BCUT2D eigenvalue weighted by Gasteiger charge is -2.13. The van der Waals surface area contributed by atoms with Gasteiger partial charge in [0.1, 0.15) is 17.1 Å². The van der Waals surface area contributed by atoms with E-state index in [-0.39, 0.29) is 5.56 Å². The molecule has 0 heterocycles. The van der Waals surface area contributed by atoms with Crippen molar-refractivity contribution in [2.75, 3.05) is 21.3 Å². The van der Waals surface area contributed by atoms with Crippen LogP contribution in [-0.2, 0) is 0 Å². The Kier molecular flexibility index (Phi) is 6.78. The van der Waals surface area contributed by atoms with E-state index >= 15 is 0 Å². The number of esters is 1. The molecule has 0 amide bonds. The van der Waals surface area contributed by atoms with E-state index in [4.69, 9.17) is 24.2 Å². The second-order valence-electron chi connectivity index (χ2n) is 6.26.